The first-order chi connectivity index (χ1) is 9.24. The van der Waals surface area contributed by atoms with Crippen LogP contribution in [0.15, 0.2) is 28.7 Å². The topological polar surface area (TPSA) is 54.2 Å². The molecule has 1 saturated carbocycles. The van der Waals surface area contributed by atoms with Crippen molar-refractivity contribution in [2.24, 2.45) is 0 Å². The number of rotatable bonds is 5. The van der Waals surface area contributed by atoms with Crippen molar-refractivity contribution in [1.29, 1.82) is 0 Å². The van der Waals surface area contributed by atoms with Gasteiger partial charge in [0.2, 0.25) is 5.89 Å². The molecule has 0 amide bonds. The van der Waals surface area contributed by atoms with Gasteiger partial charge in [-0.2, -0.15) is 0 Å². The third-order valence-corrected chi connectivity index (χ3v) is 3.08. The number of para-hydroxylation sites is 1. The van der Waals surface area contributed by atoms with Gasteiger partial charge in [-0.15, -0.1) is 5.10 Å². The summed E-state index contributed by atoms with van der Waals surface area (Å²) in [6.07, 6.45) is 2.41. The first-order valence-electron chi connectivity index (χ1n) is 6.28. The average molecular weight is 262 g/mol. The summed E-state index contributed by atoms with van der Waals surface area (Å²) in [6.45, 7) is 0.558. The van der Waals surface area contributed by atoms with Crippen molar-refractivity contribution in [2.45, 2.75) is 25.4 Å². The van der Waals surface area contributed by atoms with E-state index < -0.39 is 0 Å². The normalized spacial score (nSPS) is 14.6. The molecule has 19 heavy (non-hydrogen) atoms. The maximum atomic E-state index is 13.7. The monoisotopic (exact) mass is 262 g/mol. The molecule has 6 heteroatoms. The number of aromatic nitrogens is 2. The second-order valence-corrected chi connectivity index (χ2v) is 4.64. The van der Waals surface area contributed by atoms with E-state index in [9.17, 15) is 4.39 Å². The second kappa shape index (κ2) is 4.97. The molecule has 2 aromatic rings. The first kappa shape index (κ1) is 12.1. The van der Waals surface area contributed by atoms with Crippen LogP contribution in [0.2, 0.25) is 0 Å². The Hall–Kier alpha value is -1.95. The van der Waals surface area contributed by atoms with E-state index in [-0.39, 0.29) is 11.8 Å². The van der Waals surface area contributed by atoms with Gasteiger partial charge in [0.1, 0.15) is 5.82 Å². The van der Waals surface area contributed by atoms with Crippen molar-refractivity contribution in [2.75, 3.05) is 11.9 Å². The van der Waals surface area contributed by atoms with Crippen molar-refractivity contribution in [1.82, 2.24) is 15.5 Å². The highest BCUT2D eigenvalue weighted by molar-refractivity contribution is 5.55. The van der Waals surface area contributed by atoms with Crippen LogP contribution in [0.3, 0.4) is 0 Å². The molecule has 1 aromatic heterocycles. The molecule has 1 aliphatic rings. The van der Waals surface area contributed by atoms with Gasteiger partial charge in [-0.1, -0.05) is 17.2 Å². The number of halogens is 1. The van der Waals surface area contributed by atoms with E-state index in [1.54, 1.807) is 30.1 Å². The van der Waals surface area contributed by atoms with Crippen LogP contribution in [0.5, 0.6) is 0 Å². The molecule has 1 N–H and O–H groups in total. The Morgan fingerprint density at radius 2 is 2.16 bits per heavy atom. The minimum absolute atomic E-state index is 0.290. The van der Waals surface area contributed by atoms with Crippen LogP contribution in [-0.4, -0.2) is 23.3 Å². The number of hydrogen-bond donors (Lipinski definition) is 1. The Bertz CT molecular complexity index is 567. The Labute approximate surface area is 110 Å². The number of benzene rings is 1. The third kappa shape index (κ3) is 2.73. The van der Waals surface area contributed by atoms with Crippen LogP contribution in [0, 0.1) is 5.82 Å². The van der Waals surface area contributed by atoms with Gasteiger partial charge in [-0.3, -0.25) is 4.90 Å². The summed E-state index contributed by atoms with van der Waals surface area (Å²) >= 11 is 0. The summed E-state index contributed by atoms with van der Waals surface area (Å²) < 4.78 is 19.2. The van der Waals surface area contributed by atoms with Crippen molar-refractivity contribution >= 4 is 11.7 Å². The number of nitrogens with one attached hydrogen (secondary N) is 1. The molecule has 0 aliphatic heterocycles. The molecule has 0 spiro atoms. The van der Waals surface area contributed by atoms with E-state index in [0.29, 0.717) is 24.2 Å². The molecule has 3 rings (SSSR count). The zero-order valence-electron chi connectivity index (χ0n) is 10.6. The SMILES string of the molecule is CN(c1nnc(CNC2CC2)o1)c1ccccc1F. The van der Waals surface area contributed by atoms with Crippen LogP contribution < -0.4 is 10.2 Å². The lowest BCUT2D eigenvalue weighted by Crippen LogP contribution is -2.15. The Kier molecular flexibility index (Phi) is 3.16. The van der Waals surface area contributed by atoms with E-state index in [0.717, 1.165) is 0 Å². The summed E-state index contributed by atoms with van der Waals surface area (Å²) in [5.74, 6) is 0.200. The van der Waals surface area contributed by atoms with Crippen LogP contribution in [-0.2, 0) is 6.54 Å². The van der Waals surface area contributed by atoms with Gasteiger partial charge >= 0.3 is 6.01 Å². The van der Waals surface area contributed by atoms with Gasteiger partial charge in [0, 0.05) is 13.1 Å². The predicted molar refractivity (Wildman–Crippen MR) is 68.6 cm³/mol. The van der Waals surface area contributed by atoms with Gasteiger partial charge in [-0.05, 0) is 25.0 Å². The number of nitrogens with zero attached hydrogens (tertiary/aromatic N) is 3. The highest BCUT2D eigenvalue weighted by Crippen LogP contribution is 2.25. The minimum atomic E-state index is -0.319. The lowest BCUT2D eigenvalue weighted by atomic mass is 10.3. The quantitative estimate of drug-likeness (QED) is 0.895. The Morgan fingerprint density at radius 1 is 1.37 bits per heavy atom. The van der Waals surface area contributed by atoms with E-state index in [1.807, 2.05) is 0 Å². The number of hydrogen-bond acceptors (Lipinski definition) is 5. The molecule has 100 valence electrons. The van der Waals surface area contributed by atoms with Gasteiger partial charge < -0.3 is 9.73 Å². The largest absolute Gasteiger partial charge is 0.406 e. The van der Waals surface area contributed by atoms with E-state index in [4.69, 9.17) is 4.42 Å². The molecule has 1 aromatic carbocycles. The molecule has 0 saturated heterocycles. The summed E-state index contributed by atoms with van der Waals surface area (Å²) in [6, 6.07) is 7.35. The lowest BCUT2D eigenvalue weighted by Gasteiger charge is -2.14. The van der Waals surface area contributed by atoms with Crippen molar-refractivity contribution in [3.8, 4) is 0 Å². The summed E-state index contributed by atoms with van der Waals surface area (Å²) in [5, 5.41) is 11.2. The second-order valence-electron chi connectivity index (χ2n) is 4.64. The fourth-order valence-electron chi connectivity index (χ4n) is 1.80. The molecule has 0 bridgehead atoms. The fraction of sp³-hybridized carbons (Fsp3) is 0.385. The van der Waals surface area contributed by atoms with Crippen molar-refractivity contribution < 1.29 is 8.81 Å². The molecule has 1 heterocycles. The van der Waals surface area contributed by atoms with E-state index in [2.05, 4.69) is 15.5 Å². The molecular weight excluding hydrogens is 247 g/mol. The van der Waals surface area contributed by atoms with Gasteiger partial charge in [0.25, 0.3) is 0 Å². The molecule has 0 atom stereocenters. The maximum absolute atomic E-state index is 13.7. The summed E-state index contributed by atoms with van der Waals surface area (Å²) in [5.41, 5.74) is 0.410. The molecule has 1 fully saturated rings. The van der Waals surface area contributed by atoms with Crippen LogP contribution in [0.25, 0.3) is 0 Å². The zero-order chi connectivity index (χ0) is 13.2. The van der Waals surface area contributed by atoms with Crippen LogP contribution >= 0.6 is 0 Å². The zero-order valence-corrected chi connectivity index (χ0v) is 10.6. The van der Waals surface area contributed by atoms with E-state index in [1.165, 1.54) is 18.9 Å². The molecule has 0 radical (unpaired) electrons. The van der Waals surface area contributed by atoms with Crippen molar-refractivity contribution in [3.63, 3.8) is 0 Å². The first-order valence-corrected chi connectivity index (χ1v) is 6.28. The molecule has 5 nitrogen and oxygen atoms in total. The summed E-state index contributed by atoms with van der Waals surface area (Å²) in [7, 11) is 1.70. The van der Waals surface area contributed by atoms with Crippen LogP contribution in [0.4, 0.5) is 16.1 Å². The van der Waals surface area contributed by atoms with Crippen LogP contribution in [0.1, 0.15) is 18.7 Å². The maximum Gasteiger partial charge on any atom is 0.322 e. The lowest BCUT2D eigenvalue weighted by molar-refractivity contribution is 0.470. The standard InChI is InChI=1S/C13H15FN4O/c1-18(11-5-3-2-4-10(11)14)13-17-16-12(19-13)8-15-9-6-7-9/h2-5,9,15H,6-8H2,1H3. The average Bonchev–Trinajstić information content (AvgIpc) is 3.13. The highest BCUT2D eigenvalue weighted by atomic mass is 19.1. The smallest absolute Gasteiger partial charge is 0.322 e. The minimum Gasteiger partial charge on any atom is -0.406 e. The van der Waals surface area contributed by atoms with Gasteiger partial charge in [0.15, 0.2) is 0 Å². The number of anilines is 2. The predicted octanol–water partition coefficient (Wildman–Crippen LogP) is 2.23. The third-order valence-electron chi connectivity index (χ3n) is 3.08. The molecule has 1 aliphatic carbocycles. The fourth-order valence-corrected chi connectivity index (χ4v) is 1.80. The summed E-state index contributed by atoms with van der Waals surface area (Å²) in [4.78, 5) is 1.54. The molecular formula is C13H15FN4O. The van der Waals surface area contributed by atoms with E-state index >= 15 is 0 Å². The Morgan fingerprint density at radius 3 is 2.89 bits per heavy atom. The van der Waals surface area contributed by atoms with Gasteiger partial charge in [-0.25, -0.2) is 4.39 Å². The molecule has 0 unspecified atom stereocenters. The van der Waals surface area contributed by atoms with Crippen molar-refractivity contribution in [3.05, 3.63) is 36.0 Å². The Balaban J connectivity index is 1.72. The van der Waals surface area contributed by atoms with Gasteiger partial charge in [0.05, 0.1) is 12.2 Å². The highest BCUT2D eigenvalue weighted by Gasteiger charge is 2.21.